The quantitative estimate of drug-likeness (QED) is 0.792. The molecule has 2 rings (SSSR count). The van der Waals surface area contributed by atoms with Crippen LogP contribution in [-0.2, 0) is 0 Å². The van der Waals surface area contributed by atoms with Crippen molar-refractivity contribution in [2.45, 2.75) is 38.6 Å². The summed E-state index contributed by atoms with van der Waals surface area (Å²) in [6, 6.07) is 0.311. The number of nitrogens with zero attached hydrogens (tertiary/aromatic N) is 3. The molecule has 0 bridgehead atoms. The lowest BCUT2D eigenvalue weighted by Crippen LogP contribution is -2.34. The number of anilines is 2. The van der Waals surface area contributed by atoms with Crippen LogP contribution in [-0.4, -0.2) is 22.6 Å². The summed E-state index contributed by atoms with van der Waals surface area (Å²) in [4.78, 5) is 9.65. The topological polar surface area (TPSA) is 55.0 Å². The van der Waals surface area contributed by atoms with Crippen molar-refractivity contribution in [2.75, 3.05) is 17.2 Å². The average Bonchev–Trinajstić information content (AvgIpc) is 2.47. The van der Waals surface area contributed by atoms with Crippen LogP contribution in [0.15, 0.2) is 6.20 Å². The average molecular weight is 224 g/mol. The van der Waals surface area contributed by atoms with E-state index < -0.39 is 0 Å². The third kappa shape index (κ3) is 2.23. The van der Waals surface area contributed by atoms with Gasteiger partial charge in [0.15, 0.2) is 11.6 Å². The van der Waals surface area contributed by atoms with E-state index in [1.54, 1.807) is 0 Å². The lowest BCUT2D eigenvalue weighted by Gasteiger charge is -2.28. The van der Waals surface area contributed by atoms with E-state index in [-0.39, 0.29) is 11.8 Å². The second kappa shape index (κ2) is 4.63. The minimum Gasteiger partial charge on any atom is -0.368 e. The molecular formula is C11H17FN4. The van der Waals surface area contributed by atoms with Crippen molar-refractivity contribution in [3.8, 4) is 0 Å². The molecule has 0 saturated carbocycles. The van der Waals surface area contributed by atoms with E-state index in [9.17, 15) is 4.39 Å². The van der Waals surface area contributed by atoms with Crippen molar-refractivity contribution in [1.82, 2.24) is 9.97 Å². The Labute approximate surface area is 94.7 Å². The van der Waals surface area contributed by atoms with Crippen LogP contribution >= 0.6 is 0 Å². The molecule has 2 N–H and O–H groups in total. The van der Waals surface area contributed by atoms with Gasteiger partial charge in [0.2, 0.25) is 5.95 Å². The molecule has 1 aliphatic rings. The van der Waals surface area contributed by atoms with Crippen LogP contribution < -0.4 is 10.6 Å². The van der Waals surface area contributed by atoms with Crippen LogP contribution in [0.1, 0.15) is 32.6 Å². The maximum Gasteiger partial charge on any atom is 0.222 e. The van der Waals surface area contributed by atoms with Crippen LogP contribution in [0, 0.1) is 5.82 Å². The molecule has 1 atom stereocenters. The minimum atomic E-state index is -0.386. The molecule has 16 heavy (non-hydrogen) atoms. The van der Waals surface area contributed by atoms with Crippen molar-refractivity contribution in [3.05, 3.63) is 12.0 Å². The minimum absolute atomic E-state index is 0.132. The van der Waals surface area contributed by atoms with Gasteiger partial charge >= 0.3 is 0 Å². The van der Waals surface area contributed by atoms with Crippen LogP contribution in [0.5, 0.6) is 0 Å². The Kier molecular flexibility index (Phi) is 3.22. The number of halogens is 1. The molecule has 1 aromatic heterocycles. The summed E-state index contributed by atoms with van der Waals surface area (Å²) in [5.74, 6) is 0.0951. The first-order chi connectivity index (χ1) is 7.68. The largest absolute Gasteiger partial charge is 0.368 e. The molecule has 0 aliphatic carbocycles. The summed E-state index contributed by atoms with van der Waals surface area (Å²) in [5.41, 5.74) is 5.50. The van der Waals surface area contributed by atoms with Crippen molar-refractivity contribution in [2.24, 2.45) is 0 Å². The number of nitrogens with two attached hydrogens (primary N) is 1. The molecule has 1 aliphatic heterocycles. The molecule has 0 spiro atoms. The fraction of sp³-hybridized carbons (Fsp3) is 0.636. The van der Waals surface area contributed by atoms with Crippen LogP contribution in [0.25, 0.3) is 0 Å². The fourth-order valence-corrected chi connectivity index (χ4v) is 2.16. The van der Waals surface area contributed by atoms with Gasteiger partial charge in [-0.05, 0) is 19.8 Å². The molecule has 88 valence electrons. The van der Waals surface area contributed by atoms with Gasteiger partial charge in [0, 0.05) is 12.6 Å². The molecule has 1 fully saturated rings. The van der Waals surface area contributed by atoms with Gasteiger partial charge in [-0.25, -0.2) is 9.37 Å². The summed E-state index contributed by atoms with van der Waals surface area (Å²) in [5, 5.41) is 0. The van der Waals surface area contributed by atoms with E-state index >= 15 is 0 Å². The van der Waals surface area contributed by atoms with E-state index in [1.807, 2.05) is 4.90 Å². The van der Waals surface area contributed by atoms with Crippen LogP contribution in [0.3, 0.4) is 0 Å². The molecule has 0 amide bonds. The number of aromatic nitrogens is 2. The standard InChI is InChI=1S/C11H17FN4/c1-8-5-3-2-4-6-16(8)10-9(12)7-14-11(13)15-10/h7-8H,2-6H2,1H3,(H2,13,14,15). The third-order valence-corrected chi connectivity index (χ3v) is 3.07. The molecule has 0 aromatic carbocycles. The van der Waals surface area contributed by atoms with Gasteiger partial charge in [0.1, 0.15) is 0 Å². The SMILES string of the molecule is CC1CCCCCN1c1nc(N)ncc1F. The van der Waals surface area contributed by atoms with Crippen molar-refractivity contribution in [3.63, 3.8) is 0 Å². The maximum atomic E-state index is 13.6. The monoisotopic (exact) mass is 224 g/mol. The molecule has 5 heteroatoms. The second-order valence-electron chi connectivity index (χ2n) is 4.29. The van der Waals surface area contributed by atoms with Crippen LogP contribution in [0.4, 0.5) is 16.2 Å². The van der Waals surface area contributed by atoms with E-state index in [1.165, 1.54) is 12.8 Å². The zero-order valence-corrected chi connectivity index (χ0v) is 9.49. The van der Waals surface area contributed by atoms with Gasteiger partial charge in [0.05, 0.1) is 6.20 Å². The molecule has 1 aromatic rings. The Hall–Kier alpha value is -1.39. The zero-order chi connectivity index (χ0) is 11.5. The second-order valence-corrected chi connectivity index (χ2v) is 4.29. The van der Waals surface area contributed by atoms with Gasteiger partial charge < -0.3 is 10.6 Å². The van der Waals surface area contributed by atoms with Crippen molar-refractivity contribution in [1.29, 1.82) is 0 Å². The zero-order valence-electron chi connectivity index (χ0n) is 9.49. The Morgan fingerprint density at radius 1 is 1.44 bits per heavy atom. The molecule has 0 radical (unpaired) electrons. The summed E-state index contributed by atoms with van der Waals surface area (Å²) in [7, 11) is 0. The highest BCUT2D eigenvalue weighted by molar-refractivity contribution is 5.43. The summed E-state index contributed by atoms with van der Waals surface area (Å²) >= 11 is 0. The highest BCUT2D eigenvalue weighted by atomic mass is 19.1. The lowest BCUT2D eigenvalue weighted by atomic mass is 10.1. The number of hydrogen-bond donors (Lipinski definition) is 1. The number of rotatable bonds is 1. The normalized spacial score (nSPS) is 21.9. The molecular weight excluding hydrogens is 207 g/mol. The Bertz CT molecular complexity index is 369. The first kappa shape index (κ1) is 11.1. The predicted molar refractivity (Wildman–Crippen MR) is 61.7 cm³/mol. The lowest BCUT2D eigenvalue weighted by molar-refractivity contribution is 0.568. The summed E-state index contributed by atoms with van der Waals surface area (Å²) in [6.07, 6.45) is 5.69. The van der Waals surface area contributed by atoms with E-state index in [0.717, 1.165) is 25.6 Å². The predicted octanol–water partition coefficient (Wildman–Crippen LogP) is 1.97. The summed E-state index contributed by atoms with van der Waals surface area (Å²) in [6.45, 7) is 2.94. The Balaban J connectivity index is 2.29. The van der Waals surface area contributed by atoms with Gasteiger partial charge in [-0.3, -0.25) is 0 Å². The highest BCUT2D eigenvalue weighted by Gasteiger charge is 2.21. The van der Waals surface area contributed by atoms with Gasteiger partial charge in [-0.1, -0.05) is 12.8 Å². The van der Waals surface area contributed by atoms with Gasteiger partial charge in [-0.2, -0.15) is 4.98 Å². The van der Waals surface area contributed by atoms with E-state index in [4.69, 9.17) is 5.73 Å². The van der Waals surface area contributed by atoms with E-state index in [2.05, 4.69) is 16.9 Å². The molecule has 4 nitrogen and oxygen atoms in total. The molecule has 1 unspecified atom stereocenters. The van der Waals surface area contributed by atoms with Crippen molar-refractivity contribution >= 4 is 11.8 Å². The number of hydrogen-bond acceptors (Lipinski definition) is 4. The van der Waals surface area contributed by atoms with Gasteiger partial charge in [0.25, 0.3) is 0 Å². The third-order valence-electron chi connectivity index (χ3n) is 3.07. The fourth-order valence-electron chi connectivity index (χ4n) is 2.16. The highest BCUT2D eigenvalue weighted by Crippen LogP contribution is 2.24. The molecule has 2 heterocycles. The molecule has 1 saturated heterocycles. The maximum absolute atomic E-state index is 13.6. The van der Waals surface area contributed by atoms with Crippen LogP contribution in [0.2, 0.25) is 0 Å². The van der Waals surface area contributed by atoms with Gasteiger partial charge in [-0.15, -0.1) is 0 Å². The Morgan fingerprint density at radius 2 is 2.25 bits per heavy atom. The first-order valence-corrected chi connectivity index (χ1v) is 5.73. The smallest absolute Gasteiger partial charge is 0.222 e. The first-order valence-electron chi connectivity index (χ1n) is 5.73. The Morgan fingerprint density at radius 3 is 3.06 bits per heavy atom. The van der Waals surface area contributed by atoms with Crippen molar-refractivity contribution < 1.29 is 4.39 Å². The number of nitrogen functional groups attached to an aromatic ring is 1. The summed E-state index contributed by atoms with van der Waals surface area (Å²) < 4.78 is 13.6. The van der Waals surface area contributed by atoms with E-state index in [0.29, 0.717) is 11.9 Å².